The predicted molar refractivity (Wildman–Crippen MR) is 105 cm³/mol. The lowest BCUT2D eigenvalue weighted by molar-refractivity contribution is -0.139. The second kappa shape index (κ2) is 7.86. The third-order valence-electron chi connectivity index (χ3n) is 5.19. The number of para-hydroxylation sites is 1. The van der Waals surface area contributed by atoms with Gasteiger partial charge in [0.2, 0.25) is 5.91 Å². The van der Waals surface area contributed by atoms with E-state index in [4.69, 9.17) is 9.47 Å². The Morgan fingerprint density at radius 2 is 1.82 bits per heavy atom. The molecule has 2 heterocycles. The number of aromatic nitrogens is 2. The van der Waals surface area contributed by atoms with Crippen LogP contribution in [0.2, 0.25) is 0 Å². The maximum Gasteiger partial charge on any atom is 0.245 e. The summed E-state index contributed by atoms with van der Waals surface area (Å²) in [4.78, 5) is 23.7. The van der Waals surface area contributed by atoms with Crippen LogP contribution in [0.5, 0.6) is 5.75 Å². The van der Waals surface area contributed by atoms with Crippen molar-refractivity contribution in [3.63, 3.8) is 0 Å². The van der Waals surface area contributed by atoms with E-state index in [-0.39, 0.29) is 5.91 Å². The number of methoxy groups -OCH3 is 1. The molecule has 1 N–H and O–H groups in total. The maximum atomic E-state index is 14.1. The van der Waals surface area contributed by atoms with Crippen molar-refractivity contribution >= 4 is 5.91 Å². The number of aromatic amines is 1. The number of H-pyrrole nitrogens is 1. The van der Waals surface area contributed by atoms with E-state index in [1.165, 1.54) is 0 Å². The van der Waals surface area contributed by atoms with Gasteiger partial charge in [0, 0.05) is 31.0 Å². The van der Waals surface area contributed by atoms with Crippen LogP contribution in [0.15, 0.2) is 67.0 Å². The minimum atomic E-state index is -1.14. The van der Waals surface area contributed by atoms with Crippen LogP contribution in [-0.2, 0) is 14.9 Å². The van der Waals surface area contributed by atoms with Crippen molar-refractivity contribution in [2.75, 3.05) is 33.4 Å². The van der Waals surface area contributed by atoms with E-state index < -0.39 is 5.41 Å². The molecule has 0 bridgehead atoms. The summed E-state index contributed by atoms with van der Waals surface area (Å²) >= 11 is 0. The number of amides is 1. The van der Waals surface area contributed by atoms with Gasteiger partial charge in [-0.1, -0.05) is 48.5 Å². The largest absolute Gasteiger partial charge is 0.496 e. The highest BCUT2D eigenvalue weighted by atomic mass is 16.5. The van der Waals surface area contributed by atoms with E-state index >= 15 is 0 Å². The Morgan fingerprint density at radius 1 is 1.11 bits per heavy atom. The number of nitrogens with one attached hydrogen (secondary N) is 1. The molecule has 28 heavy (non-hydrogen) atoms. The molecule has 1 unspecified atom stereocenters. The first kappa shape index (κ1) is 18.3. The molecule has 6 nitrogen and oxygen atoms in total. The fourth-order valence-corrected chi connectivity index (χ4v) is 3.88. The number of morpholine rings is 1. The molecule has 1 aromatic heterocycles. The Morgan fingerprint density at radius 3 is 2.50 bits per heavy atom. The second-order valence-corrected chi connectivity index (χ2v) is 6.66. The molecule has 1 amide bonds. The van der Waals surface area contributed by atoms with E-state index in [0.29, 0.717) is 37.9 Å². The monoisotopic (exact) mass is 377 g/mol. The summed E-state index contributed by atoms with van der Waals surface area (Å²) in [6, 6.07) is 17.4. The zero-order valence-electron chi connectivity index (χ0n) is 15.8. The standard InChI is InChI=1S/C22H23N3O3/c1-27-19-10-6-5-9-18(19)22(20-23-11-12-24-20,17-7-3-2-4-8-17)21(26)25-13-15-28-16-14-25/h2-12H,13-16H2,1H3,(H,23,24). The van der Waals surface area contributed by atoms with Gasteiger partial charge in [0.1, 0.15) is 11.6 Å². The molecule has 1 aliphatic heterocycles. The van der Waals surface area contributed by atoms with E-state index in [1.807, 2.05) is 59.5 Å². The van der Waals surface area contributed by atoms with Gasteiger partial charge in [-0.2, -0.15) is 0 Å². The highest BCUT2D eigenvalue weighted by Crippen LogP contribution is 2.43. The number of carbonyl (C=O) groups is 1. The predicted octanol–water partition coefficient (Wildman–Crippen LogP) is 2.61. The van der Waals surface area contributed by atoms with Crippen molar-refractivity contribution in [3.05, 3.63) is 83.9 Å². The van der Waals surface area contributed by atoms with Crippen LogP contribution >= 0.6 is 0 Å². The molecule has 1 aliphatic rings. The van der Waals surface area contributed by atoms with Crippen LogP contribution in [-0.4, -0.2) is 54.2 Å². The highest BCUT2D eigenvalue weighted by Gasteiger charge is 2.50. The van der Waals surface area contributed by atoms with Crippen LogP contribution in [0, 0.1) is 0 Å². The van der Waals surface area contributed by atoms with E-state index in [9.17, 15) is 4.79 Å². The molecule has 0 radical (unpaired) electrons. The average molecular weight is 377 g/mol. The Balaban J connectivity index is 2.02. The topological polar surface area (TPSA) is 67.4 Å². The third-order valence-corrected chi connectivity index (χ3v) is 5.19. The highest BCUT2D eigenvalue weighted by molar-refractivity contribution is 5.96. The fourth-order valence-electron chi connectivity index (χ4n) is 3.88. The Labute approximate surface area is 164 Å². The molecule has 4 rings (SSSR count). The molecular weight excluding hydrogens is 354 g/mol. The number of benzene rings is 2. The molecule has 2 aromatic carbocycles. The molecular formula is C22H23N3O3. The van der Waals surface area contributed by atoms with Crippen molar-refractivity contribution in [2.45, 2.75) is 5.41 Å². The zero-order valence-corrected chi connectivity index (χ0v) is 15.8. The van der Waals surface area contributed by atoms with Crippen LogP contribution in [0.25, 0.3) is 0 Å². The van der Waals surface area contributed by atoms with Gasteiger partial charge in [-0.15, -0.1) is 0 Å². The zero-order chi connectivity index (χ0) is 19.4. The molecule has 0 aliphatic carbocycles. The van der Waals surface area contributed by atoms with Crippen LogP contribution in [0.1, 0.15) is 17.0 Å². The molecule has 1 saturated heterocycles. The molecule has 144 valence electrons. The summed E-state index contributed by atoms with van der Waals surface area (Å²) in [5.41, 5.74) is 0.454. The Hall–Kier alpha value is -3.12. The summed E-state index contributed by atoms with van der Waals surface area (Å²) < 4.78 is 11.1. The average Bonchev–Trinajstić information content (AvgIpc) is 3.31. The first-order valence-corrected chi connectivity index (χ1v) is 9.34. The van der Waals surface area contributed by atoms with E-state index in [2.05, 4.69) is 9.97 Å². The van der Waals surface area contributed by atoms with Gasteiger partial charge in [0.05, 0.1) is 20.3 Å². The molecule has 6 heteroatoms. The number of carbonyl (C=O) groups excluding carboxylic acids is 1. The number of hydrogen-bond donors (Lipinski definition) is 1. The second-order valence-electron chi connectivity index (χ2n) is 6.66. The Bertz CT molecular complexity index is 921. The lowest BCUT2D eigenvalue weighted by Gasteiger charge is -2.38. The van der Waals surface area contributed by atoms with Crippen molar-refractivity contribution < 1.29 is 14.3 Å². The van der Waals surface area contributed by atoms with Gasteiger partial charge in [-0.3, -0.25) is 4.79 Å². The molecule has 0 saturated carbocycles. The van der Waals surface area contributed by atoms with Crippen molar-refractivity contribution in [3.8, 4) is 5.75 Å². The summed E-state index contributed by atoms with van der Waals surface area (Å²) in [5.74, 6) is 1.17. The molecule has 1 fully saturated rings. The van der Waals surface area contributed by atoms with Gasteiger partial charge in [0.15, 0.2) is 5.41 Å². The summed E-state index contributed by atoms with van der Waals surface area (Å²) in [6.07, 6.45) is 3.42. The summed E-state index contributed by atoms with van der Waals surface area (Å²) in [5, 5.41) is 0. The lowest BCUT2D eigenvalue weighted by Crippen LogP contribution is -2.52. The van der Waals surface area contributed by atoms with Crippen LogP contribution in [0.4, 0.5) is 0 Å². The Kier molecular flexibility index (Phi) is 5.12. The smallest absolute Gasteiger partial charge is 0.245 e. The number of nitrogens with zero attached hydrogens (tertiary/aromatic N) is 2. The molecule has 3 aromatic rings. The third kappa shape index (κ3) is 2.96. The maximum absolute atomic E-state index is 14.1. The van der Waals surface area contributed by atoms with Gasteiger partial charge in [-0.25, -0.2) is 4.98 Å². The lowest BCUT2D eigenvalue weighted by atomic mass is 9.72. The first-order valence-electron chi connectivity index (χ1n) is 9.34. The van der Waals surface area contributed by atoms with Crippen LogP contribution in [0.3, 0.4) is 0 Å². The van der Waals surface area contributed by atoms with Crippen molar-refractivity contribution in [2.24, 2.45) is 0 Å². The summed E-state index contributed by atoms with van der Waals surface area (Å²) in [6.45, 7) is 2.15. The van der Waals surface area contributed by atoms with Gasteiger partial charge in [0.25, 0.3) is 0 Å². The van der Waals surface area contributed by atoms with Crippen molar-refractivity contribution in [1.82, 2.24) is 14.9 Å². The quantitative estimate of drug-likeness (QED) is 0.742. The normalized spacial score (nSPS) is 16.4. The minimum absolute atomic E-state index is 0.0403. The van der Waals surface area contributed by atoms with E-state index in [0.717, 1.165) is 11.1 Å². The molecule has 1 atom stereocenters. The number of rotatable bonds is 5. The molecule has 0 spiro atoms. The minimum Gasteiger partial charge on any atom is -0.496 e. The van der Waals surface area contributed by atoms with Crippen LogP contribution < -0.4 is 4.74 Å². The fraction of sp³-hybridized carbons (Fsp3) is 0.273. The van der Waals surface area contributed by atoms with Gasteiger partial charge < -0.3 is 19.4 Å². The number of hydrogen-bond acceptors (Lipinski definition) is 4. The van der Waals surface area contributed by atoms with Gasteiger partial charge >= 0.3 is 0 Å². The number of imidazole rings is 1. The SMILES string of the molecule is COc1ccccc1C(C(=O)N1CCOCC1)(c1ccccc1)c1ncc[nH]1. The first-order chi connectivity index (χ1) is 13.8. The van der Waals surface area contributed by atoms with Gasteiger partial charge in [-0.05, 0) is 11.6 Å². The van der Waals surface area contributed by atoms with Crippen molar-refractivity contribution in [1.29, 1.82) is 0 Å². The summed E-state index contributed by atoms with van der Waals surface area (Å²) in [7, 11) is 1.62. The van der Waals surface area contributed by atoms with E-state index in [1.54, 1.807) is 19.5 Å². The number of ether oxygens (including phenoxy) is 2.